The Kier molecular flexibility index (Phi) is 3.07. The third-order valence-corrected chi connectivity index (χ3v) is 4.28. The fourth-order valence-electron chi connectivity index (χ4n) is 1.96. The number of halogens is 1. The second-order valence-electron chi connectivity index (χ2n) is 4.73. The molecule has 6 heteroatoms. The Labute approximate surface area is 108 Å². The van der Waals surface area contributed by atoms with Crippen LogP contribution in [0, 0.1) is 17.0 Å². The van der Waals surface area contributed by atoms with E-state index >= 15 is 0 Å². The Balaban J connectivity index is 2.30. The number of pyridine rings is 1. The van der Waals surface area contributed by atoms with Gasteiger partial charge in [-0.25, -0.2) is 4.98 Å². The molecule has 0 atom stereocenters. The van der Waals surface area contributed by atoms with E-state index in [1.807, 2.05) is 0 Å². The van der Waals surface area contributed by atoms with Gasteiger partial charge >= 0.3 is 0 Å². The van der Waals surface area contributed by atoms with Crippen LogP contribution in [-0.2, 0) is 0 Å². The van der Waals surface area contributed by atoms with E-state index in [-0.39, 0.29) is 11.2 Å². The summed E-state index contributed by atoms with van der Waals surface area (Å²) in [6.07, 6.45) is 4.74. The molecule has 1 aromatic rings. The largest absolute Gasteiger partial charge is 0.364 e. The standard InChI is InChI=1S/C11H14BrN3O2/c1-7-8(15(16)17)6-13-10(9(7)12)14-11(2)4-3-5-11/h6H,3-5H2,1-2H3,(H,13,14). The molecule has 1 fully saturated rings. The van der Waals surface area contributed by atoms with E-state index in [1.165, 1.54) is 12.6 Å². The lowest BCUT2D eigenvalue weighted by atomic mass is 9.78. The van der Waals surface area contributed by atoms with Crippen LogP contribution in [0.25, 0.3) is 0 Å². The summed E-state index contributed by atoms with van der Waals surface area (Å²) in [7, 11) is 0. The third-order valence-electron chi connectivity index (χ3n) is 3.31. The topological polar surface area (TPSA) is 68.1 Å². The molecule has 1 saturated carbocycles. The van der Waals surface area contributed by atoms with Gasteiger partial charge in [-0.05, 0) is 49.0 Å². The van der Waals surface area contributed by atoms with Crippen LogP contribution in [0.4, 0.5) is 11.5 Å². The maximum absolute atomic E-state index is 10.8. The molecule has 1 N–H and O–H groups in total. The molecule has 0 amide bonds. The maximum atomic E-state index is 10.8. The number of nitrogens with one attached hydrogen (secondary N) is 1. The summed E-state index contributed by atoms with van der Waals surface area (Å²) in [4.78, 5) is 14.5. The highest BCUT2D eigenvalue weighted by Crippen LogP contribution is 2.38. The van der Waals surface area contributed by atoms with Crippen molar-refractivity contribution in [2.75, 3.05) is 5.32 Å². The molecule has 1 aliphatic carbocycles. The lowest BCUT2D eigenvalue weighted by molar-refractivity contribution is -0.385. The van der Waals surface area contributed by atoms with Crippen molar-refractivity contribution in [3.63, 3.8) is 0 Å². The van der Waals surface area contributed by atoms with Crippen LogP contribution in [0.15, 0.2) is 10.7 Å². The Morgan fingerprint density at radius 2 is 2.24 bits per heavy atom. The van der Waals surface area contributed by atoms with E-state index in [0.717, 1.165) is 12.8 Å². The highest BCUT2D eigenvalue weighted by molar-refractivity contribution is 9.10. The second kappa shape index (κ2) is 4.25. The van der Waals surface area contributed by atoms with E-state index in [1.54, 1.807) is 6.92 Å². The summed E-state index contributed by atoms with van der Waals surface area (Å²) < 4.78 is 0.680. The van der Waals surface area contributed by atoms with E-state index < -0.39 is 4.92 Å². The summed E-state index contributed by atoms with van der Waals surface area (Å²) in [5.74, 6) is 0.690. The molecular weight excluding hydrogens is 286 g/mol. The molecular formula is C11H14BrN3O2. The molecule has 17 heavy (non-hydrogen) atoms. The predicted octanol–water partition coefficient (Wildman–Crippen LogP) is 3.42. The quantitative estimate of drug-likeness (QED) is 0.686. The molecule has 0 spiro atoms. The molecule has 0 saturated heterocycles. The molecule has 0 aliphatic heterocycles. The van der Waals surface area contributed by atoms with E-state index in [4.69, 9.17) is 0 Å². The van der Waals surface area contributed by atoms with Crippen molar-refractivity contribution in [3.05, 3.63) is 26.3 Å². The highest BCUT2D eigenvalue weighted by atomic mass is 79.9. The van der Waals surface area contributed by atoms with Gasteiger partial charge in [0.05, 0.1) is 9.40 Å². The number of aromatic nitrogens is 1. The lowest BCUT2D eigenvalue weighted by Gasteiger charge is -2.39. The number of nitrogens with zero attached hydrogens (tertiary/aromatic N) is 2. The fraction of sp³-hybridized carbons (Fsp3) is 0.545. The maximum Gasteiger partial charge on any atom is 0.291 e. The van der Waals surface area contributed by atoms with Crippen molar-refractivity contribution in [1.82, 2.24) is 4.98 Å². The van der Waals surface area contributed by atoms with Crippen LogP contribution in [0.5, 0.6) is 0 Å². The number of hydrogen-bond acceptors (Lipinski definition) is 4. The zero-order valence-corrected chi connectivity index (χ0v) is 11.4. The van der Waals surface area contributed by atoms with Gasteiger partial charge in [0.1, 0.15) is 12.0 Å². The Hall–Kier alpha value is -1.17. The Bertz CT molecular complexity index is 472. The van der Waals surface area contributed by atoms with Crippen molar-refractivity contribution < 1.29 is 4.92 Å². The van der Waals surface area contributed by atoms with Gasteiger partial charge in [-0.15, -0.1) is 0 Å². The molecule has 1 aromatic heterocycles. The first kappa shape index (κ1) is 12.3. The van der Waals surface area contributed by atoms with Crippen molar-refractivity contribution in [3.8, 4) is 0 Å². The SMILES string of the molecule is Cc1c([N+](=O)[O-])cnc(NC2(C)CCC2)c1Br. The first-order valence-electron chi connectivity index (χ1n) is 5.51. The highest BCUT2D eigenvalue weighted by Gasteiger charge is 2.33. The summed E-state index contributed by atoms with van der Waals surface area (Å²) in [5.41, 5.74) is 0.731. The van der Waals surface area contributed by atoms with Gasteiger partial charge in [0, 0.05) is 11.1 Å². The summed E-state index contributed by atoms with van der Waals surface area (Å²) in [6, 6.07) is 0. The van der Waals surface area contributed by atoms with Crippen LogP contribution in [0.1, 0.15) is 31.7 Å². The number of anilines is 1. The van der Waals surface area contributed by atoms with Gasteiger partial charge in [-0.1, -0.05) is 0 Å². The smallest absolute Gasteiger partial charge is 0.291 e. The first-order valence-corrected chi connectivity index (χ1v) is 6.30. The zero-order valence-electron chi connectivity index (χ0n) is 9.79. The van der Waals surface area contributed by atoms with Gasteiger partial charge in [0.15, 0.2) is 0 Å². The summed E-state index contributed by atoms with van der Waals surface area (Å²) in [5, 5.41) is 14.1. The van der Waals surface area contributed by atoms with Gasteiger partial charge in [0.25, 0.3) is 5.69 Å². The third kappa shape index (κ3) is 2.26. The van der Waals surface area contributed by atoms with E-state index in [9.17, 15) is 10.1 Å². The van der Waals surface area contributed by atoms with Crippen LogP contribution in [0.3, 0.4) is 0 Å². The molecule has 1 aliphatic rings. The molecule has 1 heterocycles. The monoisotopic (exact) mass is 299 g/mol. The number of hydrogen-bond donors (Lipinski definition) is 1. The fourth-order valence-corrected chi connectivity index (χ4v) is 2.36. The van der Waals surface area contributed by atoms with Gasteiger partial charge in [0.2, 0.25) is 0 Å². The first-order chi connectivity index (χ1) is 7.93. The normalized spacial score (nSPS) is 17.4. The van der Waals surface area contributed by atoms with E-state index in [2.05, 4.69) is 33.2 Å². The van der Waals surface area contributed by atoms with Gasteiger partial charge in [-0.2, -0.15) is 0 Å². The number of rotatable bonds is 3. The van der Waals surface area contributed by atoms with Crippen molar-refractivity contribution in [2.24, 2.45) is 0 Å². The zero-order chi connectivity index (χ0) is 12.6. The number of nitro groups is 1. The average molecular weight is 300 g/mol. The Morgan fingerprint density at radius 3 is 2.71 bits per heavy atom. The van der Waals surface area contributed by atoms with Crippen molar-refractivity contribution >= 4 is 27.4 Å². The van der Waals surface area contributed by atoms with Crippen LogP contribution >= 0.6 is 15.9 Å². The molecule has 5 nitrogen and oxygen atoms in total. The van der Waals surface area contributed by atoms with Crippen molar-refractivity contribution in [2.45, 2.75) is 38.6 Å². The van der Waals surface area contributed by atoms with Crippen molar-refractivity contribution in [1.29, 1.82) is 0 Å². The van der Waals surface area contributed by atoms with Crippen LogP contribution < -0.4 is 5.32 Å². The van der Waals surface area contributed by atoms with Gasteiger partial charge in [-0.3, -0.25) is 10.1 Å². The minimum atomic E-state index is -0.415. The molecule has 0 bridgehead atoms. The predicted molar refractivity (Wildman–Crippen MR) is 69.2 cm³/mol. The lowest BCUT2D eigenvalue weighted by Crippen LogP contribution is -2.42. The minimum absolute atomic E-state index is 0.0428. The Morgan fingerprint density at radius 1 is 1.59 bits per heavy atom. The molecule has 92 valence electrons. The van der Waals surface area contributed by atoms with Crippen LogP contribution in [-0.4, -0.2) is 15.4 Å². The molecule has 2 rings (SSSR count). The minimum Gasteiger partial charge on any atom is -0.364 e. The summed E-state index contributed by atoms with van der Waals surface area (Å²) in [6.45, 7) is 3.86. The second-order valence-corrected chi connectivity index (χ2v) is 5.52. The van der Waals surface area contributed by atoms with Gasteiger partial charge < -0.3 is 5.32 Å². The molecule has 0 unspecified atom stereocenters. The van der Waals surface area contributed by atoms with Crippen LogP contribution in [0.2, 0.25) is 0 Å². The molecule has 0 radical (unpaired) electrons. The van der Waals surface area contributed by atoms with E-state index in [0.29, 0.717) is 15.9 Å². The average Bonchev–Trinajstić information content (AvgIpc) is 2.22. The molecule has 0 aromatic carbocycles. The summed E-state index contributed by atoms with van der Waals surface area (Å²) >= 11 is 3.38.